The number of nitrogens with zero attached hydrogens (tertiary/aromatic N) is 2. The molecule has 0 amide bonds. The molecule has 1 aromatic heterocycles. The second-order valence-corrected chi connectivity index (χ2v) is 3.67. The number of imidazole rings is 1. The summed E-state index contributed by atoms with van der Waals surface area (Å²) in [5.41, 5.74) is -0.458. The Kier molecular flexibility index (Phi) is 1.87. The van der Waals surface area contributed by atoms with E-state index in [2.05, 4.69) is 0 Å². The molecule has 0 bridgehead atoms. The Labute approximate surface area is 67.2 Å². The molecule has 0 radical (unpaired) electrons. The maximum absolute atomic E-state index is 10.7. The highest BCUT2D eigenvalue weighted by molar-refractivity contribution is 7.50. The molecule has 68 valence electrons. The van der Waals surface area contributed by atoms with Crippen molar-refractivity contribution in [3.05, 3.63) is 11.8 Å². The Morgan fingerprint density at radius 2 is 2.08 bits per heavy atom. The largest absolute Gasteiger partial charge is 0.493 e. The van der Waals surface area contributed by atoms with E-state index in [0.29, 0.717) is 0 Å². The average Bonchev–Trinajstić information content (AvgIpc) is 2.05. The number of aryl methyl sites for hydroxylation is 1. The summed E-state index contributed by atoms with van der Waals surface area (Å²) in [6.07, 6.45) is 1.04. The van der Waals surface area contributed by atoms with Crippen LogP contribution in [0.25, 0.3) is 0 Å². The third-order valence-corrected chi connectivity index (χ3v) is 2.24. The van der Waals surface area contributed by atoms with Crippen molar-refractivity contribution in [2.45, 2.75) is 0 Å². The van der Waals surface area contributed by atoms with Crippen LogP contribution >= 0.6 is 7.75 Å². The van der Waals surface area contributed by atoms with Gasteiger partial charge in [-0.1, -0.05) is 0 Å². The molecule has 0 unspecified atom stereocenters. The molecule has 0 fully saturated rings. The van der Waals surface area contributed by atoms with Gasteiger partial charge in [0.1, 0.15) is 0 Å². The van der Waals surface area contributed by atoms with E-state index in [-0.39, 0.29) is 4.34 Å². The van der Waals surface area contributed by atoms with Crippen LogP contribution in [0, 0.1) is 5.41 Å². The molecule has 0 spiro atoms. The summed E-state index contributed by atoms with van der Waals surface area (Å²) in [6, 6.07) is 0. The van der Waals surface area contributed by atoms with Gasteiger partial charge in [-0.2, -0.15) is 4.34 Å². The monoisotopic (exact) mass is 193 g/mol. The highest BCUT2D eigenvalue weighted by atomic mass is 31.2. The van der Waals surface area contributed by atoms with E-state index in [1.165, 1.54) is 7.05 Å². The summed E-state index contributed by atoms with van der Waals surface area (Å²) >= 11 is 0. The van der Waals surface area contributed by atoms with Gasteiger partial charge in [-0.3, -0.25) is 5.41 Å². The average molecular weight is 193 g/mol. The molecule has 1 rings (SSSR count). The summed E-state index contributed by atoms with van der Waals surface area (Å²) in [5.74, 6) is -0.629. The lowest BCUT2D eigenvalue weighted by Gasteiger charge is -2.04. The van der Waals surface area contributed by atoms with Crippen molar-refractivity contribution in [3.8, 4) is 5.88 Å². The molecule has 12 heavy (non-hydrogen) atoms. The first kappa shape index (κ1) is 9.05. The zero-order valence-electron chi connectivity index (χ0n) is 6.17. The van der Waals surface area contributed by atoms with Crippen molar-refractivity contribution in [3.63, 3.8) is 0 Å². The van der Waals surface area contributed by atoms with Crippen LogP contribution < -0.4 is 5.62 Å². The number of aromatic hydroxyl groups is 1. The van der Waals surface area contributed by atoms with Crippen LogP contribution in [0.4, 0.5) is 0 Å². The SMILES string of the molecule is Cn1cc(O)n(P(=O)(O)O)c1=N. The molecule has 4 N–H and O–H groups in total. The predicted molar refractivity (Wildman–Crippen MR) is 38.4 cm³/mol. The van der Waals surface area contributed by atoms with E-state index in [0.717, 1.165) is 10.8 Å². The number of rotatable bonds is 1. The lowest BCUT2D eigenvalue weighted by atomic mass is 10.8. The third-order valence-electron chi connectivity index (χ3n) is 1.32. The molecule has 0 saturated carbocycles. The predicted octanol–water partition coefficient (Wildman–Crippen LogP) is -1.05. The minimum atomic E-state index is -4.61. The Bertz CT molecular complexity index is 399. The molecule has 7 nitrogen and oxygen atoms in total. The van der Waals surface area contributed by atoms with Gasteiger partial charge in [0, 0.05) is 7.05 Å². The van der Waals surface area contributed by atoms with Crippen molar-refractivity contribution >= 4 is 7.75 Å². The van der Waals surface area contributed by atoms with Crippen molar-refractivity contribution in [1.29, 1.82) is 5.41 Å². The van der Waals surface area contributed by atoms with Gasteiger partial charge < -0.3 is 19.5 Å². The van der Waals surface area contributed by atoms with Gasteiger partial charge in [-0.15, -0.1) is 0 Å². The first-order valence-corrected chi connectivity index (χ1v) is 4.49. The quantitative estimate of drug-likeness (QED) is 0.426. The van der Waals surface area contributed by atoms with Crippen LogP contribution in [-0.4, -0.2) is 23.8 Å². The summed E-state index contributed by atoms with van der Waals surface area (Å²) < 4.78 is 12.0. The molecular weight excluding hydrogens is 185 g/mol. The summed E-state index contributed by atoms with van der Waals surface area (Å²) in [6.45, 7) is 0. The Morgan fingerprint density at radius 3 is 2.25 bits per heavy atom. The third kappa shape index (κ3) is 1.29. The number of hydrogen-bond donors (Lipinski definition) is 4. The molecular formula is C4H8N3O4P. The van der Waals surface area contributed by atoms with Crippen molar-refractivity contribution in [1.82, 2.24) is 8.90 Å². The maximum Gasteiger partial charge on any atom is 0.439 e. The molecule has 0 aromatic carbocycles. The van der Waals surface area contributed by atoms with Crippen molar-refractivity contribution in [2.75, 3.05) is 0 Å². The first-order chi connectivity index (χ1) is 5.34. The van der Waals surface area contributed by atoms with Crippen LogP contribution in [0.3, 0.4) is 0 Å². The first-order valence-electron chi connectivity index (χ1n) is 2.92. The van der Waals surface area contributed by atoms with Gasteiger partial charge in [-0.25, -0.2) is 4.57 Å². The normalized spacial score (nSPS) is 11.9. The second-order valence-electron chi connectivity index (χ2n) is 2.25. The smallest absolute Gasteiger partial charge is 0.439 e. The lowest BCUT2D eigenvalue weighted by Crippen LogP contribution is -2.20. The fraction of sp³-hybridized carbons (Fsp3) is 0.250. The minimum absolute atomic E-state index is 0.243. The molecule has 0 aliphatic carbocycles. The van der Waals surface area contributed by atoms with Crippen LogP contribution in [-0.2, 0) is 11.6 Å². The Morgan fingerprint density at radius 1 is 1.58 bits per heavy atom. The van der Waals surface area contributed by atoms with Gasteiger partial charge >= 0.3 is 7.75 Å². The van der Waals surface area contributed by atoms with Gasteiger partial charge in [0.25, 0.3) is 0 Å². The van der Waals surface area contributed by atoms with Crippen molar-refractivity contribution in [2.24, 2.45) is 7.05 Å². The van der Waals surface area contributed by atoms with Gasteiger partial charge in [-0.05, 0) is 0 Å². The zero-order valence-corrected chi connectivity index (χ0v) is 7.06. The van der Waals surface area contributed by atoms with Crippen molar-refractivity contribution < 1.29 is 19.5 Å². The molecule has 0 aliphatic rings. The highest BCUT2D eigenvalue weighted by Crippen LogP contribution is 2.38. The summed E-state index contributed by atoms with van der Waals surface area (Å²) in [5, 5.41) is 16.1. The van der Waals surface area contributed by atoms with Gasteiger partial charge in [0.05, 0.1) is 6.20 Å². The maximum atomic E-state index is 10.7. The van der Waals surface area contributed by atoms with Crippen LogP contribution in [0.15, 0.2) is 6.20 Å². The minimum Gasteiger partial charge on any atom is -0.493 e. The highest BCUT2D eigenvalue weighted by Gasteiger charge is 2.22. The molecule has 1 heterocycles. The molecule has 8 heteroatoms. The Hall–Kier alpha value is -1.04. The zero-order chi connectivity index (χ0) is 9.52. The van der Waals surface area contributed by atoms with Crippen LogP contribution in [0.2, 0.25) is 0 Å². The van der Waals surface area contributed by atoms with Gasteiger partial charge in [0.15, 0.2) is 0 Å². The van der Waals surface area contributed by atoms with E-state index in [9.17, 15) is 4.57 Å². The second kappa shape index (κ2) is 2.48. The molecule has 0 saturated heterocycles. The van der Waals surface area contributed by atoms with Crippen LogP contribution in [0.1, 0.15) is 0 Å². The molecule has 0 atom stereocenters. The molecule has 1 aromatic rings. The fourth-order valence-electron chi connectivity index (χ4n) is 0.804. The number of hydrogen-bond acceptors (Lipinski definition) is 3. The van der Waals surface area contributed by atoms with E-state index in [1.54, 1.807) is 0 Å². The molecule has 0 aliphatic heterocycles. The van der Waals surface area contributed by atoms with E-state index >= 15 is 0 Å². The van der Waals surface area contributed by atoms with Gasteiger partial charge in [0.2, 0.25) is 11.5 Å². The topological polar surface area (TPSA) is 111 Å². The summed E-state index contributed by atoms with van der Waals surface area (Å²) in [7, 11) is -3.22. The summed E-state index contributed by atoms with van der Waals surface area (Å²) in [4.78, 5) is 17.3. The van der Waals surface area contributed by atoms with E-state index in [4.69, 9.17) is 20.3 Å². The Balaban J connectivity index is 3.54. The number of aromatic nitrogens is 2. The van der Waals surface area contributed by atoms with E-state index < -0.39 is 19.2 Å². The van der Waals surface area contributed by atoms with Crippen LogP contribution in [0.5, 0.6) is 5.88 Å². The standard InChI is InChI=1S/C4H8N3O4P/c1-6-2-3(8)7(4(6)5)12(9,10)11/h2,5,8H,1H3,(H2,9,10,11). The number of nitrogens with one attached hydrogen (secondary N) is 1. The fourth-order valence-corrected chi connectivity index (χ4v) is 1.51. The lowest BCUT2D eigenvalue weighted by molar-refractivity contribution is 0.345. The van der Waals surface area contributed by atoms with E-state index in [1.807, 2.05) is 0 Å².